The van der Waals surface area contributed by atoms with Gasteiger partial charge in [-0.3, -0.25) is 9.80 Å². The van der Waals surface area contributed by atoms with Gasteiger partial charge in [0, 0.05) is 38.8 Å². The van der Waals surface area contributed by atoms with Gasteiger partial charge in [0.25, 0.3) is 0 Å². The third-order valence-corrected chi connectivity index (χ3v) is 4.47. The predicted octanol–water partition coefficient (Wildman–Crippen LogP) is 2.18. The summed E-state index contributed by atoms with van der Waals surface area (Å²) >= 11 is 0. The van der Waals surface area contributed by atoms with E-state index in [9.17, 15) is 0 Å². The van der Waals surface area contributed by atoms with Crippen molar-refractivity contribution in [2.24, 2.45) is 0 Å². The van der Waals surface area contributed by atoms with Crippen LogP contribution in [0.1, 0.15) is 31.9 Å². The van der Waals surface area contributed by atoms with E-state index in [0.29, 0.717) is 0 Å². The molecule has 4 nitrogen and oxygen atoms in total. The average molecular weight is 274 g/mol. The minimum absolute atomic E-state index is 0.787. The zero-order valence-electron chi connectivity index (χ0n) is 12.5. The number of rotatable bonds is 4. The zero-order chi connectivity index (χ0) is 13.8. The summed E-state index contributed by atoms with van der Waals surface area (Å²) in [4.78, 5) is 9.95. The number of anilines is 1. The molecule has 0 saturated carbocycles. The molecule has 2 aliphatic rings. The van der Waals surface area contributed by atoms with Crippen molar-refractivity contribution in [3.05, 3.63) is 23.9 Å². The Morgan fingerprint density at radius 3 is 3.10 bits per heavy atom. The van der Waals surface area contributed by atoms with E-state index in [1.54, 1.807) is 0 Å². The third kappa shape index (κ3) is 3.30. The molecule has 0 aliphatic carbocycles. The molecule has 110 valence electrons. The van der Waals surface area contributed by atoms with Crippen LogP contribution < -0.4 is 5.32 Å². The van der Waals surface area contributed by atoms with E-state index in [0.717, 1.165) is 24.9 Å². The van der Waals surface area contributed by atoms with Crippen LogP contribution in [0.15, 0.2) is 18.2 Å². The molecule has 1 unspecified atom stereocenters. The minimum atomic E-state index is 0.787. The molecule has 2 saturated heterocycles. The fraction of sp³-hybridized carbons (Fsp3) is 0.688. The number of fused-ring (bicyclic) bond motifs is 1. The lowest BCUT2D eigenvalue weighted by Gasteiger charge is -2.44. The van der Waals surface area contributed by atoms with Crippen molar-refractivity contribution in [3.8, 4) is 0 Å². The summed E-state index contributed by atoms with van der Waals surface area (Å²) in [7, 11) is 0. The molecule has 3 heterocycles. The van der Waals surface area contributed by atoms with E-state index in [-0.39, 0.29) is 0 Å². The number of nitrogens with zero attached hydrogens (tertiary/aromatic N) is 3. The molecule has 1 aromatic heterocycles. The molecule has 4 heteroatoms. The standard InChI is InChI=1S/C16H26N4/c1-2-17-16-8-5-6-14(18-16)12-19-10-11-20-9-4-3-7-15(20)13-19/h5-6,8,15H,2-4,7,9-13H2,1H3,(H,17,18). The molecule has 1 atom stereocenters. The number of piperazine rings is 1. The Labute approximate surface area is 122 Å². The van der Waals surface area contributed by atoms with Crippen LogP contribution in [0.5, 0.6) is 0 Å². The fourth-order valence-corrected chi connectivity index (χ4v) is 3.44. The SMILES string of the molecule is CCNc1cccc(CN2CCN3CCCCC3C2)n1. The number of pyridine rings is 1. The van der Waals surface area contributed by atoms with Crippen LogP contribution in [0.25, 0.3) is 0 Å². The van der Waals surface area contributed by atoms with Gasteiger partial charge in [-0.05, 0) is 38.4 Å². The Morgan fingerprint density at radius 2 is 2.20 bits per heavy atom. The van der Waals surface area contributed by atoms with Gasteiger partial charge in [0.05, 0.1) is 5.69 Å². The lowest BCUT2D eigenvalue weighted by atomic mass is 9.99. The Kier molecular flexibility index (Phi) is 4.53. The minimum Gasteiger partial charge on any atom is -0.370 e. The molecule has 1 N–H and O–H groups in total. The Bertz CT molecular complexity index is 434. The van der Waals surface area contributed by atoms with E-state index in [4.69, 9.17) is 4.98 Å². The molecule has 1 aromatic rings. The Balaban J connectivity index is 1.59. The highest BCUT2D eigenvalue weighted by molar-refractivity contribution is 5.34. The maximum atomic E-state index is 4.69. The highest BCUT2D eigenvalue weighted by Gasteiger charge is 2.28. The van der Waals surface area contributed by atoms with Gasteiger partial charge in [0.15, 0.2) is 0 Å². The van der Waals surface area contributed by atoms with Crippen LogP contribution >= 0.6 is 0 Å². The van der Waals surface area contributed by atoms with E-state index < -0.39 is 0 Å². The van der Waals surface area contributed by atoms with Gasteiger partial charge in [-0.25, -0.2) is 4.98 Å². The normalized spacial score (nSPS) is 24.4. The molecular weight excluding hydrogens is 248 g/mol. The first-order valence-corrected chi connectivity index (χ1v) is 8.01. The van der Waals surface area contributed by atoms with Gasteiger partial charge in [0.1, 0.15) is 5.82 Å². The first-order chi connectivity index (χ1) is 9.85. The summed E-state index contributed by atoms with van der Waals surface area (Å²) in [5, 5.41) is 3.29. The van der Waals surface area contributed by atoms with Crippen molar-refractivity contribution in [3.63, 3.8) is 0 Å². The van der Waals surface area contributed by atoms with Crippen LogP contribution in [0.3, 0.4) is 0 Å². The van der Waals surface area contributed by atoms with Gasteiger partial charge < -0.3 is 5.32 Å². The number of hydrogen-bond donors (Lipinski definition) is 1. The smallest absolute Gasteiger partial charge is 0.126 e. The fourth-order valence-electron chi connectivity index (χ4n) is 3.44. The van der Waals surface area contributed by atoms with Crippen molar-refractivity contribution in [2.45, 2.75) is 38.8 Å². The van der Waals surface area contributed by atoms with Crippen molar-refractivity contribution >= 4 is 5.82 Å². The summed E-state index contributed by atoms with van der Waals surface area (Å²) in [6.07, 6.45) is 4.17. The molecule has 20 heavy (non-hydrogen) atoms. The van der Waals surface area contributed by atoms with E-state index in [2.05, 4.69) is 34.2 Å². The van der Waals surface area contributed by atoms with Gasteiger partial charge in [0.2, 0.25) is 0 Å². The average Bonchev–Trinajstić information content (AvgIpc) is 2.48. The van der Waals surface area contributed by atoms with Crippen LogP contribution in [0.2, 0.25) is 0 Å². The van der Waals surface area contributed by atoms with Crippen LogP contribution in [0.4, 0.5) is 5.82 Å². The number of hydrogen-bond acceptors (Lipinski definition) is 4. The van der Waals surface area contributed by atoms with Gasteiger partial charge >= 0.3 is 0 Å². The molecule has 0 aromatic carbocycles. The molecule has 0 spiro atoms. The Morgan fingerprint density at radius 1 is 1.25 bits per heavy atom. The van der Waals surface area contributed by atoms with Crippen LogP contribution in [-0.2, 0) is 6.54 Å². The maximum Gasteiger partial charge on any atom is 0.126 e. The second-order valence-electron chi connectivity index (χ2n) is 5.97. The van der Waals surface area contributed by atoms with Gasteiger partial charge in [-0.15, -0.1) is 0 Å². The lowest BCUT2D eigenvalue weighted by Crippen LogP contribution is -2.54. The lowest BCUT2D eigenvalue weighted by molar-refractivity contribution is 0.0451. The molecule has 2 fully saturated rings. The third-order valence-electron chi connectivity index (χ3n) is 4.47. The van der Waals surface area contributed by atoms with E-state index in [1.165, 1.54) is 51.1 Å². The second kappa shape index (κ2) is 6.55. The van der Waals surface area contributed by atoms with Crippen LogP contribution in [0, 0.1) is 0 Å². The van der Waals surface area contributed by atoms with Crippen molar-refractivity contribution in [1.29, 1.82) is 0 Å². The van der Waals surface area contributed by atoms with E-state index >= 15 is 0 Å². The monoisotopic (exact) mass is 274 g/mol. The largest absolute Gasteiger partial charge is 0.370 e. The molecule has 3 rings (SSSR count). The topological polar surface area (TPSA) is 31.4 Å². The maximum absolute atomic E-state index is 4.69. The zero-order valence-corrected chi connectivity index (χ0v) is 12.5. The number of piperidine rings is 1. The number of nitrogens with one attached hydrogen (secondary N) is 1. The summed E-state index contributed by atoms with van der Waals surface area (Å²) in [6, 6.07) is 7.09. The highest BCUT2D eigenvalue weighted by atomic mass is 15.3. The Hall–Kier alpha value is -1.13. The van der Waals surface area contributed by atoms with E-state index in [1.807, 2.05) is 6.07 Å². The van der Waals surface area contributed by atoms with Crippen LogP contribution in [-0.4, -0.2) is 53.5 Å². The van der Waals surface area contributed by atoms with Gasteiger partial charge in [-0.1, -0.05) is 12.5 Å². The summed E-state index contributed by atoms with van der Waals surface area (Å²) in [5.41, 5.74) is 1.19. The molecule has 0 amide bonds. The predicted molar refractivity (Wildman–Crippen MR) is 82.9 cm³/mol. The molecule has 2 aliphatic heterocycles. The van der Waals surface area contributed by atoms with Crippen molar-refractivity contribution in [1.82, 2.24) is 14.8 Å². The summed E-state index contributed by atoms with van der Waals surface area (Å²) in [5.74, 6) is 1.00. The quantitative estimate of drug-likeness (QED) is 0.912. The highest BCUT2D eigenvalue weighted by Crippen LogP contribution is 2.22. The molecular formula is C16H26N4. The van der Waals surface area contributed by atoms with Crippen molar-refractivity contribution in [2.75, 3.05) is 38.0 Å². The first-order valence-electron chi connectivity index (χ1n) is 8.01. The molecule has 0 bridgehead atoms. The summed E-state index contributed by atoms with van der Waals surface area (Å²) < 4.78 is 0. The first kappa shape index (κ1) is 13.8. The van der Waals surface area contributed by atoms with Gasteiger partial charge in [-0.2, -0.15) is 0 Å². The second-order valence-corrected chi connectivity index (χ2v) is 5.97. The summed E-state index contributed by atoms with van der Waals surface area (Å²) in [6.45, 7) is 8.97. The number of aromatic nitrogens is 1. The molecule has 0 radical (unpaired) electrons. The van der Waals surface area contributed by atoms with Crippen molar-refractivity contribution < 1.29 is 0 Å².